The quantitative estimate of drug-likeness (QED) is 0.903. The van der Waals surface area contributed by atoms with Crippen LogP contribution in [0, 0.1) is 0 Å². The summed E-state index contributed by atoms with van der Waals surface area (Å²) in [4.78, 5) is 12.0. The van der Waals surface area contributed by atoms with E-state index in [0.29, 0.717) is 0 Å². The van der Waals surface area contributed by atoms with Gasteiger partial charge in [-0.3, -0.25) is 4.79 Å². The van der Waals surface area contributed by atoms with E-state index >= 15 is 0 Å². The molecule has 1 aromatic rings. The fourth-order valence-corrected chi connectivity index (χ4v) is 2.73. The number of nitrogens with one attached hydrogen (secondary N) is 1. The first kappa shape index (κ1) is 11.8. The molecule has 0 amide bonds. The highest BCUT2D eigenvalue weighted by molar-refractivity contribution is 9.10. The maximum Gasteiger partial charge on any atom is 0.140 e. The average Bonchev–Trinajstić information content (AvgIpc) is 2.30. The molecule has 16 heavy (non-hydrogen) atoms. The fraction of sp³-hybridized carbons (Fsp3) is 0.462. The number of carbonyl (C=O) groups excluding carboxylic acids is 1. The summed E-state index contributed by atoms with van der Waals surface area (Å²) in [5, 5.41) is 3.31. The van der Waals surface area contributed by atoms with Crippen molar-refractivity contribution in [3.8, 4) is 0 Å². The Balaban J connectivity index is 2.38. The number of halogens is 1. The standard InChI is InChI=1S/C13H16BrNO/c1-10(16)13(6-8-15-9-7-13)11-2-4-12(14)5-3-11/h2-5,15H,6-9H2,1H3. The molecular formula is C13H16BrNO. The van der Waals surface area contributed by atoms with Crippen LogP contribution < -0.4 is 5.32 Å². The van der Waals surface area contributed by atoms with E-state index in [1.807, 2.05) is 12.1 Å². The van der Waals surface area contributed by atoms with Gasteiger partial charge in [-0.25, -0.2) is 0 Å². The van der Waals surface area contributed by atoms with Crippen molar-refractivity contribution in [2.45, 2.75) is 25.2 Å². The van der Waals surface area contributed by atoms with Crippen molar-refractivity contribution < 1.29 is 4.79 Å². The molecule has 86 valence electrons. The number of hydrogen-bond donors (Lipinski definition) is 1. The molecule has 0 radical (unpaired) electrons. The number of Topliss-reactive ketones (excluding diaryl/α,β-unsaturated/α-hetero) is 1. The van der Waals surface area contributed by atoms with Crippen molar-refractivity contribution in [2.24, 2.45) is 0 Å². The molecule has 1 aromatic carbocycles. The zero-order valence-corrected chi connectivity index (χ0v) is 11.0. The Morgan fingerprint density at radius 3 is 2.31 bits per heavy atom. The molecule has 1 saturated heterocycles. The van der Waals surface area contributed by atoms with Crippen LogP contribution >= 0.6 is 15.9 Å². The van der Waals surface area contributed by atoms with Crippen LogP contribution in [0.3, 0.4) is 0 Å². The molecule has 0 saturated carbocycles. The van der Waals surface area contributed by atoms with Crippen LogP contribution in [0.15, 0.2) is 28.7 Å². The van der Waals surface area contributed by atoms with Gasteiger partial charge in [-0.2, -0.15) is 0 Å². The highest BCUT2D eigenvalue weighted by Crippen LogP contribution is 2.34. The van der Waals surface area contributed by atoms with E-state index in [9.17, 15) is 4.79 Å². The minimum atomic E-state index is -0.258. The van der Waals surface area contributed by atoms with Crippen molar-refractivity contribution in [3.05, 3.63) is 34.3 Å². The third-order valence-electron chi connectivity index (χ3n) is 3.53. The topological polar surface area (TPSA) is 29.1 Å². The number of ketones is 1. The predicted octanol–water partition coefficient (Wildman–Crippen LogP) is 2.66. The van der Waals surface area contributed by atoms with Crippen molar-refractivity contribution in [3.63, 3.8) is 0 Å². The van der Waals surface area contributed by atoms with Gasteiger partial charge in [0.2, 0.25) is 0 Å². The van der Waals surface area contributed by atoms with E-state index in [4.69, 9.17) is 0 Å². The molecule has 0 spiro atoms. The zero-order chi connectivity index (χ0) is 11.6. The molecule has 2 rings (SSSR count). The van der Waals surface area contributed by atoms with E-state index in [-0.39, 0.29) is 11.2 Å². The highest BCUT2D eigenvalue weighted by atomic mass is 79.9. The summed E-state index contributed by atoms with van der Waals surface area (Å²) in [6, 6.07) is 8.16. The van der Waals surface area contributed by atoms with Gasteiger partial charge in [0.15, 0.2) is 0 Å². The summed E-state index contributed by atoms with van der Waals surface area (Å²) >= 11 is 3.43. The van der Waals surface area contributed by atoms with E-state index in [1.165, 1.54) is 0 Å². The number of hydrogen-bond acceptors (Lipinski definition) is 2. The molecule has 1 aliphatic heterocycles. The van der Waals surface area contributed by atoms with Crippen molar-refractivity contribution in [1.29, 1.82) is 0 Å². The largest absolute Gasteiger partial charge is 0.317 e. The van der Waals surface area contributed by atoms with Gasteiger partial charge < -0.3 is 5.32 Å². The van der Waals surface area contributed by atoms with Crippen LogP contribution in [-0.2, 0) is 10.2 Å². The molecule has 1 heterocycles. The molecule has 1 N–H and O–H groups in total. The molecule has 0 aromatic heterocycles. The minimum absolute atomic E-state index is 0.258. The van der Waals surface area contributed by atoms with Crippen LogP contribution in [0.4, 0.5) is 0 Å². The van der Waals surface area contributed by atoms with Crippen LogP contribution in [0.5, 0.6) is 0 Å². The highest BCUT2D eigenvalue weighted by Gasteiger charge is 2.38. The summed E-state index contributed by atoms with van der Waals surface area (Å²) in [7, 11) is 0. The second-order valence-corrected chi connectivity index (χ2v) is 5.31. The number of benzene rings is 1. The summed E-state index contributed by atoms with van der Waals surface area (Å²) in [5.41, 5.74) is 0.899. The van der Waals surface area contributed by atoms with Gasteiger partial charge in [0.25, 0.3) is 0 Å². The molecule has 2 nitrogen and oxygen atoms in total. The number of piperidine rings is 1. The Bertz CT molecular complexity index is 379. The molecule has 1 fully saturated rings. The Hall–Kier alpha value is -0.670. The summed E-state index contributed by atoms with van der Waals surface area (Å²) in [5.74, 6) is 0.288. The Morgan fingerprint density at radius 2 is 1.81 bits per heavy atom. The van der Waals surface area contributed by atoms with E-state index in [0.717, 1.165) is 36.0 Å². The first-order valence-corrected chi connectivity index (χ1v) is 6.42. The molecule has 0 unspecified atom stereocenters. The smallest absolute Gasteiger partial charge is 0.140 e. The second kappa shape index (κ2) is 4.68. The lowest BCUT2D eigenvalue weighted by Gasteiger charge is -2.36. The van der Waals surface area contributed by atoms with Gasteiger partial charge in [-0.15, -0.1) is 0 Å². The van der Waals surface area contributed by atoms with Gasteiger partial charge in [-0.05, 0) is 50.6 Å². The second-order valence-electron chi connectivity index (χ2n) is 4.40. The Morgan fingerprint density at radius 1 is 1.25 bits per heavy atom. The zero-order valence-electron chi connectivity index (χ0n) is 9.42. The van der Waals surface area contributed by atoms with Gasteiger partial charge in [-0.1, -0.05) is 28.1 Å². The van der Waals surface area contributed by atoms with Gasteiger partial charge in [0.1, 0.15) is 5.78 Å². The average molecular weight is 282 g/mol. The third kappa shape index (κ3) is 2.06. The molecule has 0 bridgehead atoms. The molecule has 0 atom stereocenters. The minimum Gasteiger partial charge on any atom is -0.317 e. The van der Waals surface area contributed by atoms with Crippen molar-refractivity contribution in [2.75, 3.05) is 13.1 Å². The summed E-state index contributed by atoms with van der Waals surface area (Å²) < 4.78 is 1.06. The van der Waals surface area contributed by atoms with Crippen LogP contribution in [-0.4, -0.2) is 18.9 Å². The first-order valence-electron chi connectivity index (χ1n) is 5.63. The molecular weight excluding hydrogens is 266 g/mol. The van der Waals surface area contributed by atoms with Crippen molar-refractivity contribution >= 4 is 21.7 Å². The lowest BCUT2D eigenvalue weighted by molar-refractivity contribution is -0.123. The summed E-state index contributed by atoms with van der Waals surface area (Å²) in [6.45, 7) is 3.57. The number of carbonyl (C=O) groups is 1. The Kier molecular flexibility index (Phi) is 3.45. The fourth-order valence-electron chi connectivity index (χ4n) is 2.47. The third-order valence-corrected chi connectivity index (χ3v) is 4.06. The maximum absolute atomic E-state index is 12.0. The van der Waals surface area contributed by atoms with Crippen LogP contribution in [0.25, 0.3) is 0 Å². The Labute approximate surface area is 105 Å². The van der Waals surface area contributed by atoms with Gasteiger partial charge >= 0.3 is 0 Å². The SMILES string of the molecule is CC(=O)C1(c2ccc(Br)cc2)CCNCC1. The molecule has 3 heteroatoms. The van der Waals surface area contributed by atoms with Gasteiger partial charge in [0.05, 0.1) is 5.41 Å². The lowest BCUT2D eigenvalue weighted by Crippen LogP contribution is -2.44. The molecule has 0 aliphatic carbocycles. The van der Waals surface area contributed by atoms with E-state index < -0.39 is 0 Å². The van der Waals surface area contributed by atoms with Crippen LogP contribution in [0.2, 0.25) is 0 Å². The maximum atomic E-state index is 12.0. The lowest BCUT2D eigenvalue weighted by atomic mass is 9.70. The summed E-state index contributed by atoms with van der Waals surface area (Å²) in [6.07, 6.45) is 1.81. The first-order chi connectivity index (χ1) is 7.65. The molecule has 1 aliphatic rings. The monoisotopic (exact) mass is 281 g/mol. The van der Waals surface area contributed by atoms with Gasteiger partial charge in [0, 0.05) is 4.47 Å². The van der Waals surface area contributed by atoms with E-state index in [2.05, 4.69) is 33.4 Å². The predicted molar refractivity (Wildman–Crippen MR) is 68.6 cm³/mol. The van der Waals surface area contributed by atoms with Crippen molar-refractivity contribution in [1.82, 2.24) is 5.32 Å². The normalized spacial score (nSPS) is 19.4. The van der Waals surface area contributed by atoms with E-state index in [1.54, 1.807) is 6.92 Å². The van der Waals surface area contributed by atoms with Crippen LogP contribution in [0.1, 0.15) is 25.3 Å². The number of rotatable bonds is 2.